The fraction of sp³-hybridized carbons (Fsp3) is 0.727. The molecule has 6 nitrogen and oxygen atoms in total. The molecule has 18 heavy (non-hydrogen) atoms. The number of rotatable bonds is 3. The second-order valence-electron chi connectivity index (χ2n) is 4.98. The van der Waals surface area contributed by atoms with Crippen LogP contribution in [0.2, 0.25) is 0 Å². The molecular formula is C11H20N4O2S. The van der Waals surface area contributed by atoms with Gasteiger partial charge in [0, 0.05) is 32.4 Å². The molecule has 2 unspecified atom stereocenters. The second kappa shape index (κ2) is 4.99. The van der Waals surface area contributed by atoms with Crippen LogP contribution < -0.4 is 5.73 Å². The lowest BCUT2D eigenvalue weighted by Crippen LogP contribution is -2.49. The van der Waals surface area contributed by atoms with Crippen LogP contribution in [0.15, 0.2) is 17.3 Å². The molecule has 1 aromatic rings. The van der Waals surface area contributed by atoms with Gasteiger partial charge in [0.15, 0.2) is 0 Å². The Kier molecular flexibility index (Phi) is 3.74. The van der Waals surface area contributed by atoms with Gasteiger partial charge in [-0.25, -0.2) is 8.42 Å². The summed E-state index contributed by atoms with van der Waals surface area (Å²) < 4.78 is 28.0. The molecule has 2 atom stereocenters. The molecule has 2 rings (SSSR count). The summed E-state index contributed by atoms with van der Waals surface area (Å²) in [5, 5.41) is 3.92. The van der Waals surface area contributed by atoms with Crippen LogP contribution in [-0.2, 0) is 17.1 Å². The first-order valence-electron chi connectivity index (χ1n) is 6.15. The zero-order valence-electron chi connectivity index (χ0n) is 10.8. The van der Waals surface area contributed by atoms with Gasteiger partial charge >= 0.3 is 0 Å². The molecule has 2 heterocycles. The molecule has 0 radical (unpaired) electrons. The highest BCUT2D eigenvalue weighted by atomic mass is 32.2. The first kappa shape index (κ1) is 13.5. The van der Waals surface area contributed by atoms with Gasteiger partial charge in [-0.15, -0.1) is 0 Å². The Hall–Kier alpha value is -0.920. The molecule has 0 saturated carbocycles. The van der Waals surface area contributed by atoms with E-state index >= 15 is 0 Å². The van der Waals surface area contributed by atoms with E-state index in [2.05, 4.69) is 12.0 Å². The van der Waals surface area contributed by atoms with Crippen LogP contribution in [0, 0.1) is 5.92 Å². The number of nitrogens with zero attached hydrogens (tertiary/aromatic N) is 3. The Balaban J connectivity index is 2.29. The molecule has 0 aliphatic carbocycles. The van der Waals surface area contributed by atoms with E-state index in [0.717, 1.165) is 12.8 Å². The Bertz CT molecular complexity index is 511. The van der Waals surface area contributed by atoms with Crippen molar-refractivity contribution in [2.24, 2.45) is 18.7 Å². The van der Waals surface area contributed by atoms with Crippen molar-refractivity contribution >= 4 is 10.0 Å². The van der Waals surface area contributed by atoms with Gasteiger partial charge in [0.05, 0.1) is 6.20 Å². The van der Waals surface area contributed by atoms with E-state index in [9.17, 15) is 8.42 Å². The number of aromatic nitrogens is 2. The van der Waals surface area contributed by atoms with E-state index in [1.54, 1.807) is 7.05 Å². The van der Waals surface area contributed by atoms with Crippen molar-refractivity contribution in [1.82, 2.24) is 14.1 Å². The number of sulfonamides is 1. The maximum Gasteiger partial charge on any atom is 0.246 e. The van der Waals surface area contributed by atoms with Crippen molar-refractivity contribution in [2.45, 2.75) is 30.7 Å². The summed E-state index contributed by atoms with van der Waals surface area (Å²) in [6, 6.07) is -0.0982. The summed E-state index contributed by atoms with van der Waals surface area (Å²) >= 11 is 0. The van der Waals surface area contributed by atoms with Crippen molar-refractivity contribution in [2.75, 3.05) is 13.1 Å². The molecule has 0 aromatic carbocycles. The van der Waals surface area contributed by atoms with Crippen molar-refractivity contribution in [3.05, 3.63) is 12.4 Å². The lowest BCUT2D eigenvalue weighted by Gasteiger charge is -2.36. The minimum Gasteiger partial charge on any atom is -0.329 e. The monoisotopic (exact) mass is 272 g/mol. The first-order valence-corrected chi connectivity index (χ1v) is 7.59. The predicted octanol–water partition coefficient (Wildman–Crippen LogP) is 0.168. The maximum atomic E-state index is 12.5. The predicted molar refractivity (Wildman–Crippen MR) is 68.3 cm³/mol. The molecular weight excluding hydrogens is 252 g/mol. The van der Waals surface area contributed by atoms with Crippen molar-refractivity contribution in [1.29, 1.82) is 0 Å². The fourth-order valence-corrected chi connectivity index (χ4v) is 4.07. The molecule has 0 spiro atoms. The Morgan fingerprint density at radius 1 is 1.56 bits per heavy atom. The Labute approximate surface area is 108 Å². The van der Waals surface area contributed by atoms with Gasteiger partial charge < -0.3 is 5.73 Å². The minimum atomic E-state index is -3.46. The van der Waals surface area contributed by atoms with Crippen LogP contribution >= 0.6 is 0 Å². The zero-order valence-corrected chi connectivity index (χ0v) is 11.6. The molecule has 2 N–H and O–H groups in total. The molecule has 1 aliphatic heterocycles. The molecule has 1 aromatic heterocycles. The third-order valence-corrected chi connectivity index (χ3v) is 5.39. The van der Waals surface area contributed by atoms with Crippen molar-refractivity contribution in [3.8, 4) is 0 Å². The average Bonchev–Trinajstić information content (AvgIpc) is 2.76. The summed E-state index contributed by atoms with van der Waals surface area (Å²) in [5.41, 5.74) is 5.71. The average molecular weight is 272 g/mol. The van der Waals surface area contributed by atoms with E-state index in [1.165, 1.54) is 21.4 Å². The van der Waals surface area contributed by atoms with Crippen LogP contribution in [0.1, 0.15) is 19.8 Å². The van der Waals surface area contributed by atoms with Gasteiger partial charge in [-0.1, -0.05) is 6.92 Å². The largest absolute Gasteiger partial charge is 0.329 e. The number of hydrogen-bond donors (Lipinski definition) is 1. The van der Waals surface area contributed by atoms with Gasteiger partial charge in [-0.05, 0) is 18.8 Å². The SMILES string of the molecule is CC1CCN(S(=O)(=O)c2cnn(C)c2)C(CN)C1. The molecule has 1 saturated heterocycles. The summed E-state index contributed by atoms with van der Waals surface area (Å²) in [7, 11) is -1.75. The molecule has 1 fully saturated rings. The lowest BCUT2D eigenvalue weighted by atomic mass is 9.94. The first-order chi connectivity index (χ1) is 8.45. The zero-order chi connectivity index (χ0) is 13.3. The fourth-order valence-electron chi connectivity index (χ4n) is 2.43. The highest BCUT2D eigenvalue weighted by molar-refractivity contribution is 7.89. The third kappa shape index (κ3) is 2.43. The number of hydrogen-bond acceptors (Lipinski definition) is 4. The van der Waals surface area contributed by atoms with E-state index in [1.807, 2.05) is 0 Å². The van der Waals surface area contributed by atoms with Crippen LogP contribution in [0.4, 0.5) is 0 Å². The van der Waals surface area contributed by atoms with Crippen LogP contribution in [-0.4, -0.2) is 41.6 Å². The summed E-state index contributed by atoms with van der Waals surface area (Å²) in [6.07, 6.45) is 4.63. The van der Waals surface area contributed by atoms with Crippen LogP contribution in [0.3, 0.4) is 0 Å². The number of nitrogens with two attached hydrogens (primary N) is 1. The highest BCUT2D eigenvalue weighted by Crippen LogP contribution is 2.27. The van der Waals surface area contributed by atoms with Crippen LogP contribution in [0.25, 0.3) is 0 Å². The van der Waals surface area contributed by atoms with Gasteiger partial charge in [0.25, 0.3) is 0 Å². The topological polar surface area (TPSA) is 81.2 Å². The maximum absolute atomic E-state index is 12.5. The summed E-state index contributed by atoms with van der Waals surface area (Å²) in [6.45, 7) is 3.04. The quantitative estimate of drug-likeness (QED) is 0.850. The Morgan fingerprint density at radius 3 is 2.83 bits per heavy atom. The van der Waals surface area contributed by atoms with Gasteiger partial charge in [0.1, 0.15) is 4.90 Å². The van der Waals surface area contributed by atoms with Crippen molar-refractivity contribution < 1.29 is 8.42 Å². The smallest absolute Gasteiger partial charge is 0.246 e. The summed E-state index contributed by atoms with van der Waals surface area (Å²) in [5.74, 6) is 0.527. The molecule has 0 bridgehead atoms. The van der Waals surface area contributed by atoms with E-state index < -0.39 is 10.0 Å². The molecule has 0 amide bonds. The van der Waals surface area contributed by atoms with Gasteiger partial charge in [-0.3, -0.25) is 4.68 Å². The number of aryl methyl sites for hydroxylation is 1. The van der Waals surface area contributed by atoms with E-state index in [-0.39, 0.29) is 10.9 Å². The van der Waals surface area contributed by atoms with E-state index in [4.69, 9.17) is 5.73 Å². The summed E-state index contributed by atoms with van der Waals surface area (Å²) in [4.78, 5) is 0.248. The van der Waals surface area contributed by atoms with E-state index in [0.29, 0.717) is 19.0 Å². The van der Waals surface area contributed by atoms with Gasteiger partial charge in [-0.2, -0.15) is 9.40 Å². The van der Waals surface area contributed by atoms with Gasteiger partial charge in [0.2, 0.25) is 10.0 Å². The number of piperidine rings is 1. The normalized spacial score (nSPS) is 26.4. The minimum absolute atomic E-state index is 0.0982. The highest BCUT2D eigenvalue weighted by Gasteiger charge is 2.35. The van der Waals surface area contributed by atoms with Crippen molar-refractivity contribution in [3.63, 3.8) is 0 Å². The Morgan fingerprint density at radius 2 is 2.28 bits per heavy atom. The van der Waals surface area contributed by atoms with Crippen LogP contribution in [0.5, 0.6) is 0 Å². The second-order valence-corrected chi connectivity index (χ2v) is 6.88. The molecule has 1 aliphatic rings. The standard InChI is InChI=1S/C11H20N4O2S/c1-9-3-4-15(10(5-9)6-12)18(16,17)11-7-13-14(2)8-11/h7-10H,3-6,12H2,1-2H3. The lowest BCUT2D eigenvalue weighted by molar-refractivity contribution is 0.211. The molecule has 7 heteroatoms. The molecule has 102 valence electrons. The third-order valence-electron chi connectivity index (χ3n) is 3.48.